The van der Waals surface area contributed by atoms with Crippen LogP contribution in [0.4, 0.5) is 0 Å². The highest BCUT2D eigenvalue weighted by Gasteiger charge is 2.29. The van der Waals surface area contributed by atoms with Crippen molar-refractivity contribution in [3.05, 3.63) is 33.8 Å². The predicted molar refractivity (Wildman–Crippen MR) is 80.7 cm³/mol. The molecular weight excluding hydrogens is 258 g/mol. The van der Waals surface area contributed by atoms with Crippen LogP contribution in [0.3, 0.4) is 0 Å². The molecule has 3 heteroatoms. The van der Waals surface area contributed by atoms with Crippen LogP contribution in [-0.2, 0) is 0 Å². The van der Waals surface area contributed by atoms with Gasteiger partial charge in [0.05, 0.1) is 0 Å². The van der Waals surface area contributed by atoms with E-state index in [2.05, 4.69) is 37.8 Å². The molecule has 1 fully saturated rings. The molecule has 0 spiro atoms. The molecule has 1 aliphatic heterocycles. The summed E-state index contributed by atoms with van der Waals surface area (Å²) in [6, 6.07) is 4.49. The summed E-state index contributed by atoms with van der Waals surface area (Å²) in [5, 5.41) is 10.4. The average Bonchev–Trinajstić information content (AvgIpc) is 2.89. The van der Waals surface area contributed by atoms with Crippen LogP contribution in [0, 0.1) is 19.8 Å². The highest BCUT2D eigenvalue weighted by molar-refractivity contribution is 6.31. The molecular formula is C16H24ClNO. The Bertz CT molecular complexity index is 441. The minimum atomic E-state index is 0.199. The van der Waals surface area contributed by atoms with Gasteiger partial charge in [-0.15, -0.1) is 0 Å². The molecule has 1 aromatic rings. The normalized spacial score (nSPS) is 19.6. The Kier molecular flexibility index (Phi) is 4.88. The number of rotatable bonds is 4. The van der Waals surface area contributed by atoms with Gasteiger partial charge in [0.15, 0.2) is 0 Å². The van der Waals surface area contributed by atoms with Gasteiger partial charge in [-0.05, 0) is 68.5 Å². The Balaban J connectivity index is 2.39. The van der Waals surface area contributed by atoms with Crippen molar-refractivity contribution >= 4 is 11.6 Å². The van der Waals surface area contributed by atoms with Gasteiger partial charge in [0.25, 0.3) is 0 Å². The van der Waals surface area contributed by atoms with Crippen molar-refractivity contribution < 1.29 is 5.11 Å². The molecule has 0 aromatic heterocycles. The van der Waals surface area contributed by atoms with E-state index in [1.54, 1.807) is 0 Å². The van der Waals surface area contributed by atoms with Gasteiger partial charge in [-0.3, -0.25) is 4.90 Å². The average molecular weight is 282 g/mol. The molecule has 2 rings (SSSR count). The van der Waals surface area contributed by atoms with Crippen LogP contribution in [0.2, 0.25) is 5.02 Å². The zero-order valence-electron chi connectivity index (χ0n) is 12.1. The molecule has 1 aliphatic rings. The first-order chi connectivity index (χ1) is 9.04. The van der Waals surface area contributed by atoms with Crippen molar-refractivity contribution in [3.63, 3.8) is 0 Å². The lowest BCUT2D eigenvalue weighted by atomic mass is 9.91. The van der Waals surface area contributed by atoms with Crippen LogP contribution in [0.25, 0.3) is 0 Å². The van der Waals surface area contributed by atoms with E-state index in [1.165, 1.54) is 29.5 Å². The SMILES string of the molecule is Cc1cc(Cl)c(C(C(C)CO)N2CCCC2)cc1C. The summed E-state index contributed by atoms with van der Waals surface area (Å²) in [5.41, 5.74) is 3.67. The molecule has 1 aromatic carbocycles. The molecule has 2 atom stereocenters. The van der Waals surface area contributed by atoms with Crippen molar-refractivity contribution in [2.24, 2.45) is 5.92 Å². The van der Waals surface area contributed by atoms with Crippen molar-refractivity contribution in [1.29, 1.82) is 0 Å². The maximum atomic E-state index is 9.57. The Labute approximate surface area is 121 Å². The van der Waals surface area contributed by atoms with Gasteiger partial charge in [0.2, 0.25) is 0 Å². The van der Waals surface area contributed by atoms with Crippen LogP contribution in [0.1, 0.15) is 42.5 Å². The van der Waals surface area contributed by atoms with E-state index in [0.29, 0.717) is 0 Å². The fourth-order valence-corrected chi connectivity index (χ4v) is 3.34. The van der Waals surface area contributed by atoms with Gasteiger partial charge in [-0.2, -0.15) is 0 Å². The highest BCUT2D eigenvalue weighted by Crippen LogP contribution is 2.36. The molecule has 1 heterocycles. The number of hydrogen-bond acceptors (Lipinski definition) is 2. The number of likely N-dealkylation sites (tertiary alicyclic amines) is 1. The molecule has 0 aliphatic carbocycles. The monoisotopic (exact) mass is 281 g/mol. The summed E-state index contributed by atoms with van der Waals surface area (Å²) in [5.74, 6) is 0.206. The second kappa shape index (κ2) is 6.25. The van der Waals surface area contributed by atoms with Gasteiger partial charge in [0.1, 0.15) is 0 Å². The van der Waals surface area contributed by atoms with Gasteiger partial charge in [0, 0.05) is 17.7 Å². The quantitative estimate of drug-likeness (QED) is 0.909. The van der Waals surface area contributed by atoms with E-state index in [1.807, 2.05) is 0 Å². The Hall–Kier alpha value is -0.570. The van der Waals surface area contributed by atoms with E-state index in [9.17, 15) is 5.11 Å². The summed E-state index contributed by atoms with van der Waals surface area (Å²) >= 11 is 6.47. The topological polar surface area (TPSA) is 23.5 Å². The Morgan fingerprint density at radius 3 is 2.37 bits per heavy atom. The number of halogens is 1. The third-order valence-electron chi connectivity index (χ3n) is 4.29. The van der Waals surface area contributed by atoms with Crippen molar-refractivity contribution in [2.75, 3.05) is 19.7 Å². The van der Waals surface area contributed by atoms with Gasteiger partial charge < -0.3 is 5.11 Å². The number of nitrogens with zero attached hydrogens (tertiary/aromatic N) is 1. The predicted octanol–water partition coefficient (Wildman–Crippen LogP) is 3.72. The lowest BCUT2D eigenvalue weighted by Crippen LogP contribution is -2.32. The number of benzene rings is 1. The highest BCUT2D eigenvalue weighted by atomic mass is 35.5. The van der Waals surface area contributed by atoms with Crippen LogP contribution in [-0.4, -0.2) is 29.7 Å². The number of aliphatic hydroxyl groups is 1. The summed E-state index contributed by atoms with van der Waals surface area (Å²) in [6.45, 7) is 8.74. The maximum absolute atomic E-state index is 9.57. The largest absolute Gasteiger partial charge is 0.396 e. The zero-order chi connectivity index (χ0) is 14.0. The van der Waals surface area contributed by atoms with Gasteiger partial charge in [-0.1, -0.05) is 24.6 Å². The first kappa shape index (κ1) is 14.8. The third kappa shape index (κ3) is 3.13. The maximum Gasteiger partial charge on any atom is 0.0474 e. The molecule has 0 radical (unpaired) electrons. The van der Waals surface area contributed by atoms with Crippen molar-refractivity contribution in [1.82, 2.24) is 4.90 Å². The summed E-state index contributed by atoms with van der Waals surface area (Å²) in [4.78, 5) is 2.47. The smallest absolute Gasteiger partial charge is 0.0474 e. The summed E-state index contributed by atoms with van der Waals surface area (Å²) < 4.78 is 0. The minimum Gasteiger partial charge on any atom is -0.396 e. The summed E-state index contributed by atoms with van der Waals surface area (Å²) in [7, 11) is 0. The molecule has 0 bridgehead atoms. The Morgan fingerprint density at radius 1 is 1.21 bits per heavy atom. The second-order valence-corrected chi connectivity index (χ2v) is 6.21. The first-order valence-corrected chi connectivity index (χ1v) is 7.54. The fourth-order valence-electron chi connectivity index (χ4n) is 3.01. The molecule has 106 valence electrons. The third-order valence-corrected chi connectivity index (χ3v) is 4.62. The lowest BCUT2D eigenvalue weighted by Gasteiger charge is -2.33. The van der Waals surface area contributed by atoms with E-state index < -0.39 is 0 Å². The lowest BCUT2D eigenvalue weighted by molar-refractivity contribution is 0.126. The van der Waals surface area contributed by atoms with Crippen molar-refractivity contribution in [2.45, 2.75) is 39.7 Å². The van der Waals surface area contributed by atoms with Crippen LogP contribution < -0.4 is 0 Å². The molecule has 1 saturated heterocycles. The molecule has 0 amide bonds. The minimum absolute atomic E-state index is 0.199. The fraction of sp³-hybridized carbons (Fsp3) is 0.625. The van der Waals surface area contributed by atoms with E-state index in [-0.39, 0.29) is 18.6 Å². The summed E-state index contributed by atoms with van der Waals surface area (Å²) in [6.07, 6.45) is 2.49. The molecule has 0 saturated carbocycles. The first-order valence-electron chi connectivity index (χ1n) is 7.16. The molecule has 2 nitrogen and oxygen atoms in total. The van der Waals surface area contributed by atoms with Crippen LogP contribution in [0.15, 0.2) is 12.1 Å². The number of aliphatic hydroxyl groups excluding tert-OH is 1. The number of aryl methyl sites for hydroxylation is 2. The van der Waals surface area contributed by atoms with Crippen LogP contribution >= 0.6 is 11.6 Å². The molecule has 2 unspecified atom stereocenters. The standard InChI is InChI=1S/C16H24ClNO/c1-11-8-14(15(17)9-12(11)2)16(13(3)10-19)18-6-4-5-7-18/h8-9,13,16,19H,4-7,10H2,1-3H3. The Morgan fingerprint density at radius 2 is 1.79 bits per heavy atom. The van der Waals surface area contributed by atoms with E-state index in [0.717, 1.165) is 18.1 Å². The molecule has 1 N–H and O–H groups in total. The van der Waals surface area contributed by atoms with Crippen molar-refractivity contribution in [3.8, 4) is 0 Å². The second-order valence-electron chi connectivity index (χ2n) is 5.81. The van der Waals surface area contributed by atoms with E-state index >= 15 is 0 Å². The van der Waals surface area contributed by atoms with Gasteiger partial charge in [-0.25, -0.2) is 0 Å². The number of hydrogen-bond donors (Lipinski definition) is 1. The van der Waals surface area contributed by atoms with E-state index in [4.69, 9.17) is 11.6 Å². The molecule has 19 heavy (non-hydrogen) atoms. The van der Waals surface area contributed by atoms with Crippen LogP contribution in [0.5, 0.6) is 0 Å². The zero-order valence-corrected chi connectivity index (χ0v) is 12.9. The van der Waals surface area contributed by atoms with Gasteiger partial charge >= 0.3 is 0 Å².